The van der Waals surface area contributed by atoms with Crippen LogP contribution in [0.1, 0.15) is 98.0 Å². The van der Waals surface area contributed by atoms with Gasteiger partial charge in [0.1, 0.15) is 24.2 Å². The van der Waals surface area contributed by atoms with Gasteiger partial charge in [-0.1, -0.05) is 102 Å². The van der Waals surface area contributed by atoms with Crippen LogP contribution in [0.4, 0.5) is 0 Å². The lowest BCUT2D eigenvalue weighted by molar-refractivity contribution is -0.158. The number of ether oxygens (including phenoxy) is 1. The molecule has 224 valence electrons. The molecule has 9 heteroatoms. The average molecular weight is 578 g/mol. The van der Waals surface area contributed by atoms with Gasteiger partial charge in [0.25, 0.3) is 0 Å². The zero-order valence-corrected chi connectivity index (χ0v) is 25.5. The molecule has 1 heterocycles. The Labute approximate surface area is 244 Å². The lowest BCUT2D eigenvalue weighted by atomic mass is 9.93. The third-order valence-corrected chi connectivity index (χ3v) is 8.22. The minimum absolute atomic E-state index is 0.0749. The summed E-state index contributed by atoms with van der Waals surface area (Å²) >= 11 is 6.34. The molecule has 1 aliphatic heterocycles. The van der Waals surface area contributed by atoms with Crippen LogP contribution in [0.5, 0.6) is 0 Å². The minimum atomic E-state index is -0.959. The molecule has 1 aliphatic rings. The molecule has 6 atom stereocenters. The summed E-state index contributed by atoms with van der Waals surface area (Å²) in [5, 5.41) is 8.78. The van der Waals surface area contributed by atoms with Crippen LogP contribution in [0.2, 0.25) is 5.02 Å². The first-order valence-corrected chi connectivity index (χ1v) is 15.3. The van der Waals surface area contributed by atoms with Crippen molar-refractivity contribution in [3.05, 3.63) is 34.9 Å². The average Bonchev–Trinajstić information content (AvgIpc) is 2.92. The van der Waals surface area contributed by atoms with Crippen LogP contribution in [0.15, 0.2) is 24.3 Å². The lowest BCUT2D eigenvalue weighted by Gasteiger charge is -2.29. The SMILES string of the molecule is CCCCCCCC[C@H](C)[C@@H]1CC(=O)N[C@@H](Cc2ccccc2Cl)C(=O)N[C@@H](C)C(=O)N[C@H]([C@@H](C)CC)C(=O)O1. The van der Waals surface area contributed by atoms with E-state index in [0.29, 0.717) is 17.0 Å². The Morgan fingerprint density at radius 2 is 1.57 bits per heavy atom. The van der Waals surface area contributed by atoms with Gasteiger partial charge in [-0.05, 0) is 36.8 Å². The Kier molecular flexibility index (Phi) is 14.5. The molecular formula is C31H48ClN3O5. The number of rotatable bonds is 12. The number of amides is 3. The highest BCUT2D eigenvalue weighted by Crippen LogP contribution is 2.23. The van der Waals surface area contributed by atoms with Gasteiger partial charge in [-0.25, -0.2) is 4.79 Å². The number of unbranched alkanes of at least 4 members (excludes halogenated alkanes) is 5. The molecule has 8 nitrogen and oxygen atoms in total. The van der Waals surface area contributed by atoms with E-state index in [2.05, 4.69) is 22.9 Å². The van der Waals surface area contributed by atoms with E-state index in [0.717, 1.165) is 25.7 Å². The molecule has 3 N–H and O–H groups in total. The van der Waals surface area contributed by atoms with E-state index in [1.54, 1.807) is 25.1 Å². The van der Waals surface area contributed by atoms with Gasteiger partial charge in [-0.2, -0.15) is 0 Å². The molecule has 1 aromatic rings. The Bertz CT molecular complexity index is 987. The van der Waals surface area contributed by atoms with Crippen LogP contribution in [0.25, 0.3) is 0 Å². The predicted octanol–water partition coefficient (Wildman–Crippen LogP) is 5.11. The molecule has 0 aliphatic carbocycles. The number of nitrogens with one attached hydrogen (secondary N) is 3. The number of hydrogen-bond donors (Lipinski definition) is 3. The summed E-state index contributed by atoms with van der Waals surface area (Å²) in [6.07, 6.45) is 7.66. The first-order chi connectivity index (χ1) is 19.1. The Morgan fingerprint density at radius 3 is 2.25 bits per heavy atom. The summed E-state index contributed by atoms with van der Waals surface area (Å²) in [6.45, 7) is 9.52. The van der Waals surface area contributed by atoms with Crippen LogP contribution in [0, 0.1) is 11.8 Å². The van der Waals surface area contributed by atoms with E-state index >= 15 is 0 Å². The zero-order chi connectivity index (χ0) is 29.7. The molecule has 0 bridgehead atoms. The highest BCUT2D eigenvalue weighted by molar-refractivity contribution is 6.31. The van der Waals surface area contributed by atoms with Crippen molar-refractivity contribution in [2.45, 2.75) is 123 Å². The summed E-state index contributed by atoms with van der Waals surface area (Å²) in [6, 6.07) is 4.34. The molecule has 0 saturated carbocycles. The van der Waals surface area contributed by atoms with E-state index < -0.39 is 47.9 Å². The number of halogens is 1. The van der Waals surface area contributed by atoms with Crippen molar-refractivity contribution >= 4 is 35.3 Å². The fourth-order valence-corrected chi connectivity index (χ4v) is 5.08. The summed E-state index contributed by atoms with van der Waals surface area (Å²) in [4.78, 5) is 53.0. The van der Waals surface area contributed by atoms with Gasteiger partial charge in [0.05, 0.1) is 6.42 Å². The van der Waals surface area contributed by atoms with Crippen molar-refractivity contribution in [2.24, 2.45) is 11.8 Å². The van der Waals surface area contributed by atoms with Crippen molar-refractivity contribution < 1.29 is 23.9 Å². The Balaban J connectivity index is 2.30. The third-order valence-electron chi connectivity index (χ3n) is 7.85. The number of hydrogen-bond acceptors (Lipinski definition) is 5. The van der Waals surface area contributed by atoms with Crippen molar-refractivity contribution in [3.63, 3.8) is 0 Å². The molecule has 1 aromatic carbocycles. The van der Waals surface area contributed by atoms with Crippen molar-refractivity contribution in [1.29, 1.82) is 0 Å². The molecule has 0 aromatic heterocycles. The van der Waals surface area contributed by atoms with Crippen LogP contribution >= 0.6 is 11.6 Å². The highest BCUT2D eigenvalue weighted by Gasteiger charge is 2.35. The van der Waals surface area contributed by atoms with Gasteiger partial charge in [0, 0.05) is 11.4 Å². The molecule has 3 amide bonds. The standard InChI is InChI=1S/C31H48ClN3O5/c1-6-8-9-10-11-12-15-21(4)26-19-27(36)34-25(18-23-16-13-14-17-24(23)32)30(38)33-22(5)29(37)35-28(20(3)7-2)31(39)40-26/h13-14,16-17,20-22,25-26,28H,6-12,15,18-19H2,1-5H3,(H,33,38)(H,34,36)(H,35,37)/t20-,21-,22-,25-,26-,28+/m0/s1. The maximum absolute atomic E-state index is 13.4. The summed E-state index contributed by atoms with van der Waals surface area (Å²) in [7, 11) is 0. The largest absolute Gasteiger partial charge is 0.460 e. The molecule has 0 radical (unpaired) electrons. The molecule has 2 rings (SSSR count). The fourth-order valence-electron chi connectivity index (χ4n) is 4.87. The van der Waals surface area contributed by atoms with Crippen LogP contribution in [-0.4, -0.2) is 47.9 Å². The maximum atomic E-state index is 13.4. The van der Waals surface area contributed by atoms with Crippen LogP contribution in [-0.2, 0) is 30.3 Å². The number of carbonyl (C=O) groups is 4. The van der Waals surface area contributed by atoms with E-state index in [1.165, 1.54) is 19.3 Å². The minimum Gasteiger partial charge on any atom is -0.460 e. The highest BCUT2D eigenvalue weighted by atomic mass is 35.5. The zero-order valence-electron chi connectivity index (χ0n) is 24.8. The van der Waals surface area contributed by atoms with Crippen LogP contribution in [0.3, 0.4) is 0 Å². The quantitative estimate of drug-likeness (QED) is 0.236. The monoisotopic (exact) mass is 577 g/mol. The fraction of sp³-hybridized carbons (Fsp3) is 0.677. The van der Waals surface area contributed by atoms with E-state index in [9.17, 15) is 19.2 Å². The number of carbonyl (C=O) groups excluding carboxylic acids is 4. The smallest absolute Gasteiger partial charge is 0.329 e. The van der Waals surface area contributed by atoms with E-state index in [1.807, 2.05) is 26.8 Å². The van der Waals surface area contributed by atoms with Gasteiger partial charge in [-0.3, -0.25) is 14.4 Å². The van der Waals surface area contributed by atoms with Gasteiger partial charge >= 0.3 is 5.97 Å². The normalized spacial score (nSPS) is 24.4. The van der Waals surface area contributed by atoms with E-state index in [4.69, 9.17) is 16.3 Å². The van der Waals surface area contributed by atoms with Crippen molar-refractivity contribution in [3.8, 4) is 0 Å². The second-order valence-corrected chi connectivity index (χ2v) is 11.6. The van der Waals surface area contributed by atoms with Crippen LogP contribution < -0.4 is 16.0 Å². The first kappa shape index (κ1) is 33.6. The molecule has 40 heavy (non-hydrogen) atoms. The summed E-state index contributed by atoms with van der Waals surface area (Å²) in [5.74, 6) is -2.21. The van der Waals surface area contributed by atoms with E-state index in [-0.39, 0.29) is 24.7 Å². The second-order valence-electron chi connectivity index (χ2n) is 11.2. The molecule has 1 saturated heterocycles. The molecule has 1 fully saturated rings. The van der Waals surface area contributed by atoms with Crippen molar-refractivity contribution in [1.82, 2.24) is 16.0 Å². The third kappa shape index (κ3) is 10.8. The Hall–Kier alpha value is -2.61. The number of benzene rings is 1. The first-order valence-electron chi connectivity index (χ1n) is 14.9. The number of esters is 1. The maximum Gasteiger partial charge on any atom is 0.329 e. The topological polar surface area (TPSA) is 114 Å². The van der Waals surface area contributed by atoms with Gasteiger partial charge < -0.3 is 20.7 Å². The molecule has 0 unspecified atom stereocenters. The molecule has 0 spiro atoms. The lowest BCUT2D eigenvalue weighted by Crippen LogP contribution is -2.55. The molecular weight excluding hydrogens is 530 g/mol. The second kappa shape index (κ2) is 17.3. The predicted molar refractivity (Wildman–Crippen MR) is 158 cm³/mol. The van der Waals surface area contributed by atoms with Gasteiger partial charge in [-0.15, -0.1) is 0 Å². The summed E-state index contributed by atoms with van der Waals surface area (Å²) in [5.41, 5.74) is 0.697. The van der Waals surface area contributed by atoms with Crippen molar-refractivity contribution in [2.75, 3.05) is 0 Å². The Morgan fingerprint density at radius 1 is 0.900 bits per heavy atom. The van der Waals surface area contributed by atoms with Gasteiger partial charge in [0.15, 0.2) is 0 Å². The number of cyclic esters (lactones) is 1. The van der Waals surface area contributed by atoms with Gasteiger partial charge in [0.2, 0.25) is 17.7 Å². The summed E-state index contributed by atoms with van der Waals surface area (Å²) < 4.78 is 5.97.